The van der Waals surface area contributed by atoms with E-state index in [0.29, 0.717) is 29.8 Å². The Morgan fingerprint density at radius 3 is 2.29 bits per heavy atom. The van der Waals surface area contributed by atoms with Crippen molar-refractivity contribution in [2.24, 2.45) is 5.92 Å². The van der Waals surface area contributed by atoms with Crippen molar-refractivity contribution >= 4 is 23.3 Å². The molecule has 3 aromatic rings. The van der Waals surface area contributed by atoms with Crippen LogP contribution in [0, 0.1) is 5.92 Å². The lowest BCUT2D eigenvalue weighted by Crippen LogP contribution is -2.54. The van der Waals surface area contributed by atoms with E-state index in [-0.39, 0.29) is 23.5 Å². The fraction of sp³-hybridized carbons (Fsp3) is 0.300. The molecular weight excluding hydrogens is 436 g/mol. The summed E-state index contributed by atoms with van der Waals surface area (Å²) >= 11 is 0. The summed E-state index contributed by atoms with van der Waals surface area (Å²) in [6.07, 6.45) is 3.07. The molecule has 178 valence electrons. The molecule has 2 aliphatic rings. The van der Waals surface area contributed by atoms with Crippen LogP contribution >= 0.6 is 0 Å². The van der Waals surface area contributed by atoms with Crippen LogP contribution in [0.1, 0.15) is 60.0 Å². The summed E-state index contributed by atoms with van der Waals surface area (Å²) in [4.78, 5) is 43.7. The number of anilines is 1. The van der Waals surface area contributed by atoms with Crippen LogP contribution in [0.3, 0.4) is 0 Å². The maximum Gasteiger partial charge on any atom is 0.255 e. The number of benzene rings is 3. The molecule has 5 rings (SSSR count). The number of nitrogens with one attached hydrogen (secondary N) is 1. The lowest BCUT2D eigenvalue weighted by atomic mass is 9.70. The van der Waals surface area contributed by atoms with E-state index in [2.05, 4.69) is 12.2 Å². The maximum atomic E-state index is 14.3. The third-order valence-corrected chi connectivity index (χ3v) is 7.45. The Labute approximate surface area is 206 Å². The molecule has 3 unspecified atom stereocenters. The molecule has 0 radical (unpaired) electrons. The van der Waals surface area contributed by atoms with Crippen molar-refractivity contribution in [1.29, 1.82) is 0 Å². The summed E-state index contributed by atoms with van der Waals surface area (Å²) in [6, 6.07) is 26.4. The second-order valence-corrected chi connectivity index (χ2v) is 9.45. The molecule has 0 aromatic heterocycles. The third kappa shape index (κ3) is 3.75. The summed E-state index contributed by atoms with van der Waals surface area (Å²) < 4.78 is 0. The van der Waals surface area contributed by atoms with Gasteiger partial charge in [0.25, 0.3) is 5.91 Å². The summed E-state index contributed by atoms with van der Waals surface area (Å²) in [5.74, 6) is -1.54. The van der Waals surface area contributed by atoms with Gasteiger partial charge in [-0.15, -0.1) is 0 Å². The van der Waals surface area contributed by atoms with E-state index < -0.39 is 11.5 Å². The molecule has 5 heteroatoms. The molecule has 35 heavy (non-hydrogen) atoms. The van der Waals surface area contributed by atoms with E-state index in [1.807, 2.05) is 72.8 Å². The van der Waals surface area contributed by atoms with Gasteiger partial charge in [-0.3, -0.25) is 14.4 Å². The molecule has 2 heterocycles. The highest BCUT2D eigenvalue weighted by Gasteiger charge is 2.66. The number of para-hydroxylation sites is 1. The number of Topliss-reactive ketones (excluding diaryl/α,β-unsaturated/α-hetero) is 1. The molecule has 0 aliphatic carbocycles. The van der Waals surface area contributed by atoms with E-state index in [1.54, 1.807) is 17.0 Å². The van der Waals surface area contributed by atoms with Crippen molar-refractivity contribution in [3.63, 3.8) is 0 Å². The minimum absolute atomic E-state index is 0.0744. The number of hydrogen-bond donors (Lipinski definition) is 1. The molecule has 1 N–H and O–H groups in total. The van der Waals surface area contributed by atoms with Gasteiger partial charge in [-0.2, -0.15) is 0 Å². The van der Waals surface area contributed by atoms with E-state index in [0.717, 1.165) is 24.8 Å². The number of nitrogens with zero attached hydrogens (tertiary/aromatic N) is 1. The zero-order valence-electron chi connectivity index (χ0n) is 19.9. The highest BCUT2D eigenvalue weighted by Crippen LogP contribution is 2.56. The first-order valence-electron chi connectivity index (χ1n) is 12.4. The quantitative estimate of drug-likeness (QED) is 0.367. The van der Waals surface area contributed by atoms with Crippen LogP contribution in [-0.4, -0.2) is 29.0 Å². The topological polar surface area (TPSA) is 66.5 Å². The third-order valence-electron chi connectivity index (χ3n) is 7.45. The average molecular weight is 467 g/mol. The van der Waals surface area contributed by atoms with Crippen molar-refractivity contribution in [2.75, 3.05) is 11.9 Å². The molecular formula is C30H30N2O3. The SMILES string of the molecule is CCCCCC(=O)N1CC(c2ccccc2)C(C(=O)c2ccccc2)C12C(=O)Nc1ccccc12. The lowest BCUT2D eigenvalue weighted by molar-refractivity contribution is -0.143. The Balaban J connectivity index is 1.71. The predicted molar refractivity (Wildman–Crippen MR) is 136 cm³/mol. The van der Waals surface area contributed by atoms with Gasteiger partial charge in [0.15, 0.2) is 11.3 Å². The fourth-order valence-corrected chi connectivity index (χ4v) is 5.86. The Morgan fingerprint density at radius 2 is 1.57 bits per heavy atom. The second-order valence-electron chi connectivity index (χ2n) is 9.45. The largest absolute Gasteiger partial charge is 0.323 e. The van der Waals surface area contributed by atoms with Gasteiger partial charge in [0.05, 0.1) is 5.92 Å². The van der Waals surface area contributed by atoms with Gasteiger partial charge in [0.2, 0.25) is 5.91 Å². The monoisotopic (exact) mass is 466 g/mol. The van der Waals surface area contributed by atoms with Crippen molar-refractivity contribution in [3.8, 4) is 0 Å². The van der Waals surface area contributed by atoms with Gasteiger partial charge in [-0.05, 0) is 18.1 Å². The first-order valence-corrected chi connectivity index (χ1v) is 12.4. The van der Waals surface area contributed by atoms with E-state index >= 15 is 0 Å². The van der Waals surface area contributed by atoms with Crippen LogP contribution in [0.5, 0.6) is 0 Å². The summed E-state index contributed by atoms with van der Waals surface area (Å²) in [6.45, 7) is 2.42. The van der Waals surface area contributed by atoms with Crippen LogP contribution in [0.15, 0.2) is 84.9 Å². The molecule has 2 amide bonds. The Hall–Kier alpha value is -3.73. The van der Waals surface area contributed by atoms with Crippen LogP contribution in [-0.2, 0) is 15.1 Å². The van der Waals surface area contributed by atoms with E-state index in [9.17, 15) is 14.4 Å². The Bertz CT molecular complexity index is 1240. The maximum absolute atomic E-state index is 14.3. The molecule has 3 atom stereocenters. The lowest BCUT2D eigenvalue weighted by Gasteiger charge is -2.37. The zero-order valence-corrected chi connectivity index (χ0v) is 19.9. The average Bonchev–Trinajstić information content (AvgIpc) is 3.41. The second kappa shape index (κ2) is 9.49. The molecule has 0 bridgehead atoms. The van der Waals surface area contributed by atoms with Gasteiger partial charge >= 0.3 is 0 Å². The Morgan fingerprint density at radius 1 is 0.914 bits per heavy atom. The predicted octanol–water partition coefficient (Wildman–Crippen LogP) is 5.54. The normalized spacial score (nSPS) is 22.8. The first-order chi connectivity index (χ1) is 17.1. The van der Waals surface area contributed by atoms with Crippen LogP contribution < -0.4 is 5.32 Å². The van der Waals surface area contributed by atoms with Crippen LogP contribution in [0.25, 0.3) is 0 Å². The minimum atomic E-state index is -1.38. The number of rotatable bonds is 7. The van der Waals surface area contributed by atoms with Crippen molar-refractivity contribution in [3.05, 3.63) is 102 Å². The first kappa shape index (κ1) is 23.0. The summed E-state index contributed by atoms with van der Waals surface area (Å²) in [5.41, 5.74) is 1.51. The molecule has 2 aliphatic heterocycles. The highest BCUT2D eigenvalue weighted by molar-refractivity contribution is 6.13. The number of ketones is 1. The van der Waals surface area contributed by atoms with Crippen LogP contribution in [0.2, 0.25) is 0 Å². The molecule has 1 fully saturated rings. The van der Waals surface area contributed by atoms with Crippen molar-refractivity contribution < 1.29 is 14.4 Å². The molecule has 0 saturated carbocycles. The van der Waals surface area contributed by atoms with Crippen molar-refractivity contribution in [2.45, 2.75) is 44.1 Å². The zero-order chi connectivity index (χ0) is 24.4. The summed E-state index contributed by atoms with van der Waals surface area (Å²) in [5, 5.41) is 3.01. The van der Waals surface area contributed by atoms with Gasteiger partial charge in [0.1, 0.15) is 0 Å². The summed E-state index contributed by atoms with van der Waals surface area (Å²) in [7, 11) is 0. The van der Waals surface area contributed by atoms with E-state index in [4.69, 9.17) is 0 Å². The molecule has 5 nitrogen and oxygen atoms in total. The standard InChI is InChI=1S/C30H30N2O3/c1-2-3-6-19-26(33)32-20-23(21-13-7-4-8-14-21)27(28(34)22-15-9-5-10-16-22)30(32)24-17-11-12-18-25(24)31-29(30)35/h4-5,7-18,23,27H,2-3,6,19-20H2,1H3,(H,31,35). The number of amides is 2. The number of fused-ring (bicyclic) bond motifs is 2. The van der Waals surface area contributed by atoms with Gasteiger partial charge in [0, 0.05) is 35.7 Å². The number of unbranched alkanes of at least 4 members (excludes halogenated alkanes) is 2. The smallest absolute Gasteiger partial charge is 0.255 e. The fourth-order valence-electron chi connectivity index (χ4n) is 5.86. The number of carbonyl (C=O) groups excluding carboxylic acids is 3. The minimum Gasteiger partial charge on any atom is -0.323 e. The van der Waals surface area contributed by atoms with E-state index in [1.165, 1.54) is 0 Å². The van der Waals surface area contributed by atoms with Crippen LogP contribution in [0.4, 0.5) is 5.69 Å². The van der Waals surface area contributed by atoms with Crippen molar-refractivity contribution in [1.82, 2.24) is 4.90 Å². The molecule has 1 spiro atoms. The van der Waals surface area contributed by atoms with Gasteiger partial charge in [-0.25, -0.2) is 0 Å². The molecule has 3 aromatic carbocycles. The van der Waals surface area contributed by atoms with Gasteiger partial charge < -0.3 is 10.2 Å². The number of likely N-dealkylation sites (tertiary alicyclic amines) is 1. The number of hydrogen-bond acceptors (Lipinski definition) is 3. The number of carbonyl (C=O) groups is 3. The van der Waals surface area contributed by atoms with Gasteiger partial charge in [-0.1, -0.05) is 98.6 Å². The Kier molecular flexibility index (Phi) is 6.25. The highest BCUT2D eigenvalue weighted by atomic mass is 16.2. The molecule has 1 saturated heterocycles.